The molecule has 0 aliphatic rings. The monoisotopic (exact) mass is 293 g/mol. The Hall–Kier alpha value is -2.62. The van der Waals surface area contributed by atoms with Crippen molar-refractivity contribution in [3.05, 3.63) is 65.5 Å². The fraction of sp³-hybridized carbons (Fsp3) is 0.222. The fourth-order valence-electron chi connectivity index (χ4n) is 2.52. The van der Waals surface area contributed by atoms with E-state index in [2.05, 4.69) is 15.3 Å². The number of H-pyrrole nitrogens is 1. The van der Waals surface area contributed by atoms with Gasteiger partial charge in [-0.1, -0.05) is 36.4 Å². The second kappa shape index (κ2) is 6.02. The largest absolute Gasteiger partial charge is 0.346 e. The van der Waals surface area contributed by atoms with Crippen molar-refractivity contribution in [2.24, 2.45) is 0 Å². The highest BCUT2D eigenvalue weighted by Crippen LogP contribution is 2.16. The first-order valence-corrected chi connectivity index (χ1v) is 7.42. The molecule has 1 amide bonds. The first-order chi connectivity index (χ1) is 10.6. The van der Waals surface area contributed by atoms with Gasteiger partial charge in [0, 0.05) is 0 Å². The summed E-state index contributed by atoms with van der Waals surface area (Å²) in [5.41, 5.74) is 4.08. The van der Waals surface area contributed by atoms with Gasteiger partial charge in [-0.2, -0.15) is 0 Å². The van der Waals surface area contributed by atoms with Gasteiger partial charge < -0.3 is 10.3 Å². The second-order valence-corrected chi connectivity index (χ2v) is 5.53. The van der Waals surface area contributed by atoms with Crippen LogP contribution in [0.3, 0.4) is 0 Å². The number of hydrogen-bond acceptors (Lipinski definition) is 2. The molecule has 0 saturated heterocycles. The lowest BCUT2D eigenvalue weighted by Gasteiger charge is -2.12. The second-order valence-electron chi connectivity index (χ2n) is 5.53. The molecule has 0 aliphatic heterocycles. The fourth-order valence-corrected chi connectivity index (χ4v) is 2.52. The highest BCUT2D eigenvalue weighted by atomic mass is 16.1. The average Bonchev–Trinajstić information content (AvgIpc) is 2.93. The molecule has 22 heavy (non-hydrogen) atoms. The molecule has 0 radical (unpaired) electrons. The molecular formula is C18H19N3O. The third kappa shape index (κ3) is 3.01. The van der Waals surface area contributed by atoms with Crippen molar-refractivity contribution >= 4 is 16.9 Å². The van der Waals surface area contributed by atoms with Crippen LogP contribution < -0.4 is 5.32 Å². The summed E-state index contributed by atoms with van der Waals surface area (Å²) in [7, 11) is 0. The molecule has 2 aromatic carbocycles. The Kier molecular flexibility index (Phi) is 3.92. The Morgan fingerprint density at radius 1 is 1.18 bits per heavy atom. The number of aromatic nitrogens is 2. The maximum Gasteiger partial charge on any atom is 0.225 e. The van der Waals surface area contributed by atoms with Crippen molar-refractivity contribution in [3.63, 3.8) is 0 Å². The van der Waals surface area contributed by atoms with E-state index in [0.29, 0.717) is 6.42 Å². The van der Waals surface area contributed by atoms with Crippen molar-refractivity contribution < 1.29 is 4.79 Å². The number of fused-ring (bicyclic) bond motifs is 1. The number of benzene rings is 2. The van der Waals surface area contributed by atoms with Crippen LogP contribution in [0.2, 0.25) is 0 Å². The summed E-state index contributed by atoms with van der Waals surface area (Å²) in [4.78, 5) is 20.0. The number of amides is 1. The maximum absolute atomic E-state index is 12.2. The van der Waals surface area contributed by atoms with Gasteiger partial charge in [0.05, 0.1) is 23.5 Å². The van der Waals surface area contributed by atoms with E-state index >= 15 is 0 Å². The third-order valence-corrected chi connectivity index (χ3v) is 3.81. The van der Waals surface area contributed by atoms with Crippen LogP contribution >= 0.6 is 0 Å². The number of hydrogen-bond donors (Lipinski definition) is 2. The number of carbonyl (C=O) groups is 1. The molecule has 1 aromatic heterocycles. The molecule has 112 valence electrons. The number of imidazole rings is 1. The SMILES string of the molecule is Cc1ccccc1CC(=O)NC(C)c1nc2ccccc2[nH]1. The Labute approximate surface area is 129 Å². The summed E-state index contributed by atoms with van der Waals surface area (Å²) in [5, 5.41) is 3.00. The van der Waals surface area contributed by atoms with Crippen molar-refractivity contribution in [1.82, 2.24) is 15.3 Å². The minimum absolute atomic E-state index is 0.00209. The lowest BCUT2D eigenvalue weighted by Crippen LogP contribution is -2.28. The van der Waals surface area contributed by atoms with Gasteiger partial charge in [0.2, 0.25) is 5.91 Å². The topological polar surface area (TPSA) is 57.8 Å². The number of para-hydroxylation sites is 2. The molecule has 1 atom stereocenters. The van der Waals surface area contributed by atoms with Crippen LogP contribution in [0.1, 0.15) is 29.9 Å². The number of carbonyl (C=O) groups excluding carboxylic acids is 1. The Bertz CT molecular complexity index is 774. The summed E-state index contributed by atoms with van der Waals surface area (Å²) in [6.45, 7) is 3.96. The van der Waals surface area contributed by atoms with E-state index in [0.717, 1.165) is 28.0 Å². The van der Waals surface area contributed by atoms with Crippen LogP contribution in [0.5, 0.6) is 0 Å². The number of nitrogens with one attached hydrogen (secondary N) is 2. The van der Waals surface area contributed by atoms with Crippen molar-refractivity contribution in [2.75, 3.05) is 0 Å². The van der Waals surface area contributed by atoms with Gasteiger partial charge in [0.25, 0.3) is 0 Å². The van der Waals surface area contributed by atoms with Gasteiger partial charge in [-0.05, 0) is 37.1 Å². The van der Waals surface area contributed by atoms with Gasteiger partial charge in [-0.15, -0.1) is 0 Å². The molecule has 4 heteroatoms. The summed E-state index contributed by atoms with van der Waals surface area (Å²) in [5.74, 6) is 0.779. The van der Waals surface area contributed by atoms with Gasteiger partial charge in [-0.25, -0.2) is 4.98 Å². The zero-order chi connectivity index (χ0) is 15.5. The Morgan fingerprint density at radius 3 is 2.68 bits per heavy atom. The number of rotatable bonds is 4. The van der Waals surface area contributed by atoms with Crippen LogP contribution in [0.4, 0.5) is 0 Å². The van der Waals surface area contributed by atoms with E-state index in [-0.39, 0.29) is 11.9 Å². The zero-order valence-corrected chi connectivity index (χ0v) is 12.8. The normalized spacial score (nSPS) is 12.3. The molecule has 4 nitrogen and oxygen atoms in total. The highest BCUT2D eigenvalue weighted by Gasteiger charge is 2.14. The minimum atomic E-state index is -0.149. The van der Waals surface area contributed by atoms with Crippen molar-refractivity contribution in [2.45, 2.75) is 26.3 Å². The van der Waals surface area contributed by atoms with Crippen LogP contribution in [0, 0.1) is 6.92 Å². The van der Waals surface area contributed by atoms with E-state index in [9.17, 15) is 4.79 Å². The molecule has 1 unspecified atom stereocenters. The van der Waals surface area contributed by atoms with Crippen LogP contribution in [0.25, 0.3) is 11.0 Å². The standard InChI is InChI=1S/C18H19N3O/c1-12-7-3-4-8-14(12)11-17(22)19-13(2)18-20-15-9-5-6-10-16(15)21-18/h3-10,13H,11H2,1-2H3,(H,19,22)(H,20,21). The number of nitrogens with zero attached hydrogens (tertiary/aromatic N) is 1. The van der Waals surface area contributed by atoms with Crippen LogP contribution in [-0.4, -0.2) is 15.9 Å². The molecule has 3 aromatic rings. The van der Waals surface area contributed by atoms with Crippen LogP contribution in [-0.2, 0) is 11.2 Å². The zero-order valence-electron chi connectivity index (χ0n) is 12.8. The predicted molar refractivity (Wildman–Crippen MR) is 87.5 cm³/mol. The van der Waals surface area contributed by atoms with E-state index in [1.165, 1.54) is 0 Å². The number of aromatic amines is 1. The lowest BCUT2D eigenvalue weighted by molar-refractivity contribution is -0.121. The maximum atomic E-state index is 12.2. The third-order valence-electron chi connectivity index (χ3n) is 3.81. The molecular weight excluding hydrogens is 274 g/mol. The lowest BCUT2D eigenvalue weighted by atomic mass is 10.1. The summed E-state index contributed by atoms with van der Waals surface area (Å²) >= 11 is 0. The van der Waals surface area contributed by atoms with E-state index in [1.54, 1.807) is 0 Å². The van der Waals surface area contributed by atoms with E-state index in [1.807, 2.05) is 62.4 Å². The first-order valence-electron chi connectivity index (χ1n) is 7.42. The van der Waals surface area contributed by atoms with Crippen molar-refractivity contribution in [1.29, 1.82) is 0 Å². The highest BCUT2D eigenvalue weighted by molar-refractivity contribution is 5.79. The van der Waals surface area contributed by atoms with Crippen molar-refractivity contribution in [3.8, 4) is 0 Å². The molecule has 3 rings (SSSR count). The van der Waals surface area contributed by atoms with E-state index < -0.39 is 0 Å². The van der Waals surface area contributed by atoms with E-state index in [4.69, 9.17) is 0 Å². The van der Waals surface area contributed by atoms with Crippen LogP contribution in [0.15, 0.2) is 48.5 Å². The molecule has 0 aliphatic carbocycles. The predicted octanol–water partition coefficient (Wildman–Crippen LogP) is 3.29. The molecule has 1 heterocycles. The smallest absolute Gasteiger partial charge is 0.225 e. The number of aryl methyl sites for hydroxylation is 1. The molecule has 0 saturated carbocycles. The quantitative estimate of drug-likeness (QED) is 0.775. The summed E-state index contributed by atoms with van der Waals surface area (Å²) in [6, 6.07) is 15.6. The average molecular weight is 293 g/mol. The summed E-state index contributed by atoms with van der Waals surface area (Å²) in [6.07, 6.45) is 0.386. The Morgan fingerprint density at radius 2 is 1.91 bits per heavy atom. The van der Waals surface area contributed by atoms with Gasteiger partial charge in [-0.3, -0.25) is 4.79 Å². The molecule has 0 fully saturated rings. The van der Waals surface area contributed by atoms with Gasteiger partial charge >= 0.3 is 0 Å². The minimum Gasteiger partial charge on any atom is -0.346 e. The van der Waals surface area contributed by atoms with Gasteiger partial charge in [0.1, 0.15) is 5.82 Å². The molecule has 0 bridgehead atoms. The van der Waals surface area contributed by atoms with Gasteiger partial charge in [0.15, 0.2) is 0 Å². The Balaban J connectivity index is 1.69. The molecule has 2 N–H and O–H groups in total. The first kappa shape index (κ1) is 14.3. The molecule has 0 spiro atoms. The summed E-state index contributed by atoms with van der Waals surface area (Å²) < 4.78 is 0.